The molecule has 2 aliphatic rings. The van der Waals surface area contributed by atoms with Gasteiger partial charge in [0.15, 0.2) is 0 Å². The number of ether oxygens (including phenoxy) is 1. The molecule has 2 fully saturated rings. The molecule has 1 saturated heterocycles. The third kappa shape index (κ3) is 1.79. The zero-order valence-corrected chi connectivity index (χ0v) is 11.4. The van der Waals surface area contributed by atoms with Crippen molar-refractivity contribution in [1.82, 2.24) is 9.78 Å². The van der Waals surface area contributed by atoms with Crippen molar-refractivity contribution >= 4 is 0 Å². The quantitative estimate of drug-likeness (QED) is 0.874. The average molecular weight is 249 g/mol. The van der Waals surface area contributed by atoms with Crippen LogP contribution in [0.1, 0.15) is 55.1 Å². The summed E-state index contributed by atoms with van der Waals surface area (Å²) in [4.78, 5) is 0. The van der Waals surface area contributed by atoms with Gasteiger partial charge in [0.2, 0.25) is 0 Å². The van der Waals surface area contributed by atoms with E-state index >= 15 is 0 Å². The summed E-state index contributed by atoms with van der Waals surface area (Å²) in [6.07, 6.45) is 5.98. The van der Waals surface area contributed by atoms with Crippen LogP contribution in [0.15, 0.2) is 0 Å². The fourth-order valence-electron chi connectivity index (χ4n) is 3.48. The molecule has 4 nitrogen and oxygen atoms in total. The van der Waals surface area contributed by atoms with E-state index in [4.69, 9.17) is 15.6 Å². The highest BCUT2D eigenvalue weighted by Gasteiger charge is 2.43. The van der Waals surface area contributed by atoms with Crippen molar-refractivity contribution in [2.24, 2.45) is 5.73 Å². The molecule has 1 aliphatic heterocycles. The molecule has 1 spiro atoms. The van der Waals surface area contributed by atoms with Gasteiger partial charge in [-0.15, -0.1) is 0 Å². The van der Waals surface area contributed by atoms with Gasteiger partial charge in [-0.25, -0.2) is 0 Å². The fraction of sp³-hybridized carbons (Fsp3) is 0.786. The Bertz CT molecular complexity index is 448. The van der Waals surface area contributed by atoms with Gasteiger partial charge in [0, 0.05) is 24.4 Å². The minimum absolute atomic E-state index is 0.179. The monoisotopic (exact) mass is 249 g/mol. The molecule has 0 aromatic carbocycles. The van der Waals surface area contributed by atoms with Crippen LogP contribution in [0, 0.1) is 13.8 Å². The maximum Gasteiger partial charge on any atom is 0.0703 e. The number of nitrogens with two attached hydrogens (primary N) is 1. The average Bonchev–Trinajstić information content (AvgIpc) is 2.62. The molecule has 1 aromatic heterocycles. The Morgan fingerprint density at radius 1 is 1.44 bits per heavy atom. The van der Waals surface area contributed by atoms with E-state index in [1.54, 1.807) is 0 Å². The van der Waals surface area contributed by atoms with Crippen molar-refractivity contribution < 1.29 is 4.74 Å². The second-order valence-electron chi connectivity index (χ2n) is 5.83. The van der Waals surface area contributed by atoms with E-state index in [0.29, 0.717) is 12.6 Å². The van der Waals surface area contributed by atoms with E-state index in [2.05, 4.69) is 18.5 Å². The zero-order valence-electron chi connectivity index (χ0n) is 11.4. The molecule has 0 radical (unpaired) electrons. The molecule has 0 amide bonds. The lowest BCUT2D eigenvalue weighted by molar-refractivity contribution is -0.141. The van der Waals surface area contributed by atoms with Crippen molar-refractivity contribution in [3.63, 3.8) is 0 Å². The van der Waals surface area contributed by atoms with Crippen molar-refractivity contribution in [2.45, 2.75) is 64.1 Å². The van der Waals surface area contributed by atoms with Crippen LogP contribution in [0.5, 0.6) is 0 Å². The van der Waals surface area contributed by atoms with E-state index in [9.17, 15) is 0 Å². The first-order chi connectivity index (χ1) is 8.65. The Labute approximate surface area is 108 Å². The Balaban J connectivity index is 1.86. The van der Waals surface area contributed by atoms with Crippen LogP contribution in [0.3, 0.4) is 0 Å². The number of aryl methyl sites for hydroxylation is 1. The third-order valence-corrected chi connectivity index (χ3v) is 4.76. The standard InChI is InChI=1S/C14H23N3O/c1-10-13(9-15)11(2)17(16-10)12-4-7-18-14(8-12)5-3-6-14/h12H,3-9,15H2,1-2H3. The molecule has 1 saturated carbocycles. The van der Waals surface area contributed by atoms with Gasteiger partial charge in [-0.05, 0) is 46.0 Å². The van der Waals surface area contributed by atoms with Crippen LogP contribution >= 0.6 is 0 Å². The van der Waals surface area contributed by atoms with Crippen LogP contribution in [0.25, 0.3) is 0 Å². The highest BCUT2D eigenvalue weighted by atomic mass is 16.5. The second kappa shape index (κ2) is 4.35. The van der Waals surface area contributed by atoms with Gasteiger partial charge >= 0.3 is 0 Å². The van der Waals surface area contributed by atoms with Crippen molar-refractivity contribution in [3.8, 4) is 0 Å². The minimum atomic E-state index is 0.179. The molecule has 100 valence electrons. The van der Waals surface area contributed by atoms with Crippen LogP contribution in [-0.4, -0.2) is 22.0 Å². The van der Waals surface area contributed by atoms with Gasteiger partial charge in [-0.3, -0.25) is 4.68 Å². The number of nitrogens with zero attached hydrogens (tertiary/aromatic N) is 2. The summed E-state index contributed by atoms with van der Waals surface area (Å²) in [6.45, 7) is 5.67. The summed E-state index contributed by atoms with van der Waals surface area (Å²) in [5.41, 5.74) is 9.53. The lowest BCUT2D eigenvalue weighted by atomic mass is 9.74. The van der Waals surface area contributed by atoms with E-state index in [1.807, 2.05) is 0 Å². The second-order valence-corrected chi connectivity index (χ2v) is 5.83. The Morgan fingerprint density at radius 3 is 2.78 bits per heavy atom. The molecule has 1 unspecified atom stereocenters. The van der Waals surface area contributed by atoms with Crippen molar-refractivity contribution in [1.29, 1.82) is 0 Å². The fourth-order valence-corrected chi connectivity index (χ4v) is 3.48. The first-order valence-electron chi connectivity index (χ1n) is 7.04. The lowest BCUT2D eigenvalue weighted by Gasteiger charge is -2.47. The molecule has 1 aromatic rings. The van der Waals surface area contributed by atoms with E-state index < -0.39 is 0 Å². The van der Waals surface area contributed by atoms with Gasteiger partial charge < -0.3 is 10.5 Å². The van der Waals surface area contributed by atoms with Crippen LogP contribution in [0.4, 0.5) is 0 Å². The molecule has 1 atom stereocenters. The van der Waals surface area contributed by atoms with Gasteiger partial charge in [-0.1, -0.05) is 0 Å². The molecule has 2 heterocycles. The summed E-state index contributed by atoms with van der Waals surface area (Å²) < 4.78 is 8.20. The highest BCUT2D eigenvalue weighted by molar-refractivity contribution is 5.24. The molecular formula is C14H23N3O. The largest absolute Gasteiger partial charge is 0.375 e. The Morgan fingerprint density at radius 2 is 2.22 bits per heavy atom. The van der Waals surface area contributed by atoms with Gasteiger partial charge in [-0.2, -0.15) is 5.10 Å². The predicted octanol–water partition coefficient (Wildman–Crippen LogP) is 2.23. The van der Waals surface area contributed by atoms with Gasteiger partial charge in [0.1, 0.15) is 0 Å². The van der Waals surface area contributed by atoms with Gasteiger partial charge in [0.05, 0.1) is 17.3 Å². The normalized spacial score (nSPS) is 26.3. The maximum atomic E-state index is 5.99. The minimum Gasteiger partial charge on any atom is -0.375 e. The molecular weight excluding hydrogens is 226 g/mol. The number of aromatic nitrogens is 2. The molecule has 18 heavy (non-hydrogen) atoms. The highest BCUT2D eigenvalue weighted by Crippen LogP contribution is 2.45. The summed E-state index contributed by atoms with van der Waals surface area (Å²) in [5, 5.41) is 4.71. The number of hydrogen-bond acceptors (Lipinski definition) is 3. The van der Waals surface area contributed by atoms with Crippen molar-refractivity contribution in [2.75, 3.05) is 6.61 Å². The topological polar surface area (TPSA) is 53.1 Å². The zero-order chi connectivity index (χ0) is 12.8. The van der Waals surface area contributed by atoms with Crippen LogP contribution in [-0.2, 0) is 11.3 Å². The Kier molecular flexibility index (Phi) is 2.94. The van der Waals surface area contributed by atoms with Crippen LogP contribution in [0.2, 0.25) is 0 Å². The molecule has 2 N–H and O–H groups in total. The van der Waals surface area contributed by atoms with Crippen molar-refractivity contribution in [3.05, 3.63) is 17.0 Å². The Hall–Kier alpha value is -0.870. The van der Waals surface area contributed by atoms with E-state index in [0.717, 1.165) is 25.1 Å². The summed E-state index contributed by atoms with van der Waals surface area (Å²) in [7, 11) is 0. The summed E-state index contributed by atoms with van der Waals surface area (Å²) in [5.74, 6) is 0. The maximum absolute atomic E-state index is 5.99. The van der Waals surface area contributed by atoms with E-state index in [-0.39, 0.29) is 5.60 Å². The molecule has 4 heteroatoms. The number of hydrogen-bond donors (Lipinski definition) is 1. The van der Waals surface area contributed by atoms with Gasteiger partial charge in [0.25, 0.3) is 0 Å². The third-order valence-electron chi connectivity index (χ3n) is 4.76. The smallest absolute Gasteiger partial charge is 0.0703 e. The molecule has 1 aliphatic carbocycles. The van der Waals surface area contributed by atoms with Crippen LogP contribution < -0.4 is 5.73 Å². The lowest BCUT2D eigenvalue weighted by Crippen LogP contribution is -2.46. The number of rotatable bonds is 2. The SMILES string of the molecule is Cc1nn(C2CCOC3(CCC3)C2)c(C)c1CN. The molecule has 0 bridgehead atoms. The first kappa shape index (κ1) is 12.2. The van der Waals surface area contributed by atoms with E-state index in [1.165, 1.54) is 30.5 Å². The first-order valence-corrected chi connectivity index (χ1v) is 7.04. The summed E-state index contributed by atoms with van der Waals surface area (Å²) in [6, 6.07) is 0.498. The predicted molar refractivity (Wildman–Crippen MR) is 70.4 cm³/mol. The summed E-state index contributed by atoms with van der Waals surface area (Å²) >= 11 is 0. The molecule has 3 rings (SSSR count).